The van der Waals surface area contributed by atoms with Gasteiger partial charge in [0.05, 0.1) is 17.6 Å². The Bertz CT molecular complexity index is 527. The highest BCUT2D eigenvalue weighted by atomic mass is 19.1. The van der Waals surface area contributed by atoms with Crippen molar-refractivity contribution in [3.05, 3.63) is 33.9 Å². The number of nitro groups is 1. The van der Waals surface area contributed by atoms with Crippen LogP contribution >= 0.6 is 0 Å². The van der Waals surface area contributed by atoms with Crippen LogP contribution in [0.1, 0.15) is 23.2 Å². The normalized spacial score (nSPS) is 16.0. The summed E-state index contributed by atoms with van der Waals surface area (Å²) in [6, 6.07) is 4.07. The van der Waals surface area contributed by atoms with Gasteiger partial charge in [0.25, 0.3) is 5.69 Å². The first-order chi connectivity index (χ1) is 9.52. The molecule has 1 aromatic carbocycles. The third-order valence-electron chi connectivity index (χ3n) is 3.36. The minimum absolute atomic E-state index is 0.0880. The van der Waals surface area contributed by atoms with Crippen LogP contribution in [0.5, 0.6) is 0 Å². The molecular weight excluding hydrogens is 267 g/mol. The lowest BCUT2D eigenvalue weighted by Gasteiger charge is -2.30. The summed E-state index contributed by atoms with van der Waals surface area (Å²) in [6.07, 6.45) is -0.201. The van der Waals surface area contributed by atoms with Crippen molar-refractivity contribution in [2.45, 2.75) is 19.0 Å². The van der Waals surface area contributed by atoms with Gasteiger partial charge in [0.1, 0.15) is 11.9 Å². The number of esters is 1. The van der Waals surface area contributed by atoms with Gasteiger partial charge < -0.3 is 9.64 Å². The molecule has 1 fully saturated rings. The lowest BCUT2D eigenvalue weighted by atomic mass is 10.1. The molecule has 1 saturated heterocycles. The van der Waals surface area contributed by atoms with Gasteiger partial charge in [-0.2, -0.15) is 0 Å². The number of halogens is 1. The zero-order chi connectivity index (χ0) is 14.7. The van der Waals surface area contributed by atoms with E-state index in [1.54, 1.807) is 4.90 Å². The van der Waals surface area contributed by atoms with Crippen molar-refractivity contribution in [3.8, 4) is 0 Å². The number of nitro benzene ring substituents is 1. The number of piperidine rings is 1. The Morgan fingerprint density at radius 3 is 2.65 bits per heavy atom. The van der Waals surface area contributed by atoms with Gasteiger partial charge in [0.2, 0.25) is 0 Å². The highest BCUT2D eigenvalue weighted by Crippen LogP contribution is 2.32. The number of benzene rings is 1. The summed E-state index contributed by atoms with van der Waals surface area (Å²) >= 11 is 0. The van der Waals surface area contributed by atoms with Crippen LogP contribution in [0.15, 0.2) is 18.2 Å². The number of nitrogens with zero attached hydrogens (tertiary/aromatic N) is 2. The van der Waals surface area contributed by atoms with Gasteiger partial charge in [-0.1, -0.05) is 0 Å². The molecular formula is C13H15FN2O4. The number of anilines is 1. The standard InChI is InChI=1S/C13H15FN2O4/c1-20-13(17)9-2-3-11(16(18)19)12(8-9)15-6-4-10(14)5-7-15/h2-3,8,10H,4-7H2,1H3. The number of rotatable bonds is 3. The van der Waals surface area contributed by atoms with E-state index in [0.717, 1.165) is 0 Å². The summed E-state index contributed by atoms with van der Waals surface area (Å²) in [6.45, 7) is 0.791. The lowest BCUT2D eigenvalue weighted by molar-refractivity contribution is -0.384. The van der Waals surface area contributed by atoms with E-state index in [1.165, 1.54) is 25.3 Å². The zero-order valence-corrected chi connectivity index (χ0v) is 11.0. The van der Waals surface area contributed by atoms with Gasteiger partial charge in [0.15, 0.2) is 0 Å². The zero-order valence-electron chi connectivity index (χ0n) is 11.0. The highest BCUT2D eigenvalue weighted by Gasteiger charge is 2.25. The molecule has 20 heavy (non-hydrogen) atoms. The van der Waals surface area contributed by atoms with Crippen LogP contribution < -0.4 is 4.90 Å². The minimum Gasteiger partial charge on any atom is -0.465 e. The fourth-order valence-corrected chi connectivity index (χ4v) is 2.26. The van der Waals surface area contributed by atoms with Gasteiger partial charge in [-0.05, 0) is 25.0 Å². The van der Waals surface area contributed by atoms with Crippen LogP contribution in [0.3, 0.4) is 0 Å². The van der Waals surface area contributed by atoms with Crippen molar-refractivity contribution >= 4 is 17.3 Å². The number of carbonyl (C=O) groups is 1. The number of carbonyl (C=O) groups excluding carboxylic acids is 1. The van der Waals surface area contributed by atoms with Crippen LogP contribution in [0.25, 0.3) is 0 Å². The smallest absolute Gasteiger partial charge is 0.337 e. The van der Waals surface area contributed by atoms with Crippen molar-refractivity contribution in [3.63, 3.8) is 0 Å². The SMILES string of the molecule is COC(=O)c1ccc([N+](=O)[O-])c(N2CCC(F)CC2)c1. The average Bonchev–Trinajstić information content (AvgIpc) is 2.46. The summed E-state index contributed by atoms with van der Waals surface area (Å²) in [5.41, 5.74) is 0.496. The van der Waals surface area contributed by atoms with Crippen molar-refractivity contribution in [1.82, 2.24) is 0 Å². The van der Waals surface area contributed by atoms with Gasteiger partial charge in [-0.25, -0.2) is 9.18 Å². The summed E-state index contributed by atoms with van der Waals surface area (Å²) in [7, 11) is 1.25. The molecule has 1 aliphatic rings. The molecule has 0 bridgehead atoms. The second-order valence-electron chi connectivity index (χ2n) is 4.61. The van der Waals surface area contributed by atoms with E-state index in [1.807, 2.05) is 0 Å². The second kappa shape index (κ2) is 5.85. The molecule has 0 amide bonds. The predicted octanol–water partition coefficient (Wildman–Crippen LogP) is 2.32. The molecule has 7 heteroatoms. The lowest BCUT2D eigenvalue weighted by Crippen LogP contribution is -2.34. The molecule has 1 heterocycles. The maximum Gasteiger partial charge on any atom is 0.337 e. The fraction of sp³-hybridized carbons (Fsp3) is 0.462. The van der Waals surface area contributed by atoms with Gasteiger partial charge in [0, 0.05) is 19.2 Å². The molecule has 0 atom stereocenters. The molecule has 0 spiro atoms. The Morgan fingerprint density at radius 1 is 1.45 bits per heavy atom. The number of hydrogen-bond acceptors (Lipinski definition) is 5. The summed E-state index contributed by atoms with van der Waals surface area (Å²) in [5, 5.41) is 11.1. The fourth-order valence-electron chi connectivity index (χ4n) is 2.26. The van der Waals surface area contributed by atoms with E-state index in [4.69, 9.17) is 0 Å². The molecule has 0 N–H and O–H groups in total. The molecule has 0 saturated carbocycles. The second-order valence-corrected chi connectivity index (χ2v) is 4.61. The van der Waals surface area contributed by atoms with Gasteiger partial charge >= 0.3 is 5.97 Å². The largest absolute Gasteiger partial charge is 0.465 e. The number of alkyl halides is 1. The van der Waals surface area contributed by atoms with Crippen LogP contribution in [0, 0.1) is 10.1 Å². The first-order valence-electron chi connectivity index (χ1n) is 6.28. The van der Waals surface area contributed by atoms with E-state index >= 15 is 0 Å². The van der Waals surface area contributed by atoms with E-state index in [0.29, 0.717) is 31.6 Å². The molecule has 1 aromatic rings. The summed E-state index contributed by atoms with van der Waals surface area (Å²) in [4.78, 5) is 23.8. The van der Waals surface area contributed by atoms with E-state index in [2.05, 4.69) is 4.74 Å². The van der Waals surface area contributed by atoms with Crippen LogP contribution in [0.4, 0.5) is 15.8 Å². The molecule has 0 unspecified atom stereocenters. The molecule has 6 nitrogen and oxygen atoms in total. The van der Waals surface area contributed by atoms with E-state index in [-0.39, 0.29) is 11.3 Å². The van der Waals surface area contributed by atoms with E-state index < -0.39 is 17.1 Å². The summed E-state index contributed by atoms with van der Waals surface area (Å²) in [5.74, 6) is -0.554. The Labute approximate surface area is 115 Å². The maximum absolute atomic E-state index is 13.2. The third kappa shape index (κ3) is 2.87. The first-order valence-corrected chi connectivity index (χ1v) is 6.28. The Balaban J connectivity index is 2.36. The van der Waals surface area contributed by atoms with Crippen molar-refractivity contribution in [2.24, 2.45) is 0 Å². The van der Waals surface area contributed by atoms with Crippen LogP contribution in [-0.2, 0) is 4.74 Å². The average molecular weight is 282 g/mol. The minimum atomic E-state index is -0.867. The molecule has 2 rings (SSSR count). The van der Waals surface area contributed by atoms with Gasteiger partial charge in [-0.3, -0.25) is 10.1 Å². The molecule has 0 aliphatic carbocycles. The van der Waals surface area contributed by atoms with Crippen molar-refractivity contribution < 1.29 is 18.8 Å². The molecule has 0 radical (unpaired) electrons. The predicted molar refractivity (Wildman–Crippen MR) is 70.8 cm³/mol. The number of ether oxygens (including phenoxy) is 1. The van der Waals surface area contributed by atoms with E-state index in [9.17, 15) is 19.3 Å². The number of hydrogen-bond donors (Lipinski definition) is 0. The molecule has 108 valence electrons. The Morgan fingerprint density at radius 2 is 2.10 bits per heavy atom. The van der Waals surface area contributed by atoms with Crippen molar-refractivity contribution in [1.29, 1.82) is 0 Å². The monoisotopic (exact) mass is 282 g/mol. The van der Waals surface area contributed by atoms with Gasteiger partial charge in [-0.15, -0.1) is 0 Å². The molecule has 1 aliphatic heterocycles. The summed E-state index contributed by atoms with van der Waals surface area (Å²) < 4.78 is 17.8. The third-order valence-corrected chi connectivity index (χ3v) is 3.36. The highest BCUT2D eigenvalue weighted by molar-refractivity contribution is 5.91. The molecule has 0 aromatic heterocycles. The topological polar surface area (TPSA) is 72.7 Å². The Kier molecular flexibility index (Phi) is 4.16. The van der Waals surface area contributed by atoms with Crippen molar-refractivity contribution in [2.75, 3.05) is 25.1 Å². The quantitative estimate of drug-likeness (QED) is 0.483. The van der Waals surface area contributed by atoms with Crippen LogP contribution in [-0.4, -0.2) is 37.3 Å². The Hall–Kier alpha value is -2.18. The first kappa shape index (κ1) is 14.2. The van der Waals surface area contributed by atoms with Crippen LogP contribution in [0.2, 0.25) is 0 Å². The maximum atomic E-state index is 13.2. The number of methoxy groups -OCH3 is 1.